The van der Waals surface area contributed by atoms with Gasteiger partial charge in [0.1, 0.15) is 5.75 Å². The molecule has 0 aliphatic heterocycles. The second-order valence-corrected chi connectivity index (χ2v) is 4.10. The Morgan fingerprint density at radius 1 is 1.47 bits per heavy atom. The number of nitro benzene ring substituents is 1. The molecule has 0 saturated carbocycles. The Morgan fingerprint density at radius 2 is 2.05 bits per heavy atom. The summed E-state index contributed by atoms with van der Waals surface area (Å²) < 4.78 is 0. The summed E-state index contributed by atoms with van der Waals surface area (Å²) in [6.07, 6.45) is 0. The van der Waals surface area contributed by atoms with Crippen molar-refractivity contribution in [2.24, 2.45) is 11.7 Å². The van der Waals surface area contributed by atoms with Gasteiger partial charge in [-0.2, -0.15) is 0 Å². The number of nitrogens with two attached hydrogens (primary N) is 1. The van der Waals surface area contributed by atoms with Crippen molar-refractivity contribution in [3.63, 3.8) is 0 Å². The van der Waals surface area contributed by atoms with Crippen molar-refractivity contribution in [1.82, 2.24) is 0 Å². The fourth-order valence-electron chi connectivity index (χ4n) is 1.22. The van der Waals surface area contributed by atoms with Crippen LogP contribution in [0.2, 0.25) is 0 Å². The minimum Gasteiger partial charge on any atom is -0.506 e. The number of carbonyl (C=O) groups excluding carboxylic acids is 1. The summed E-state index contributed by atoms with van der Waals surface area (Å²) >= 11 is 0. The predicted octanol–water partition coefficient (Wildman–Crippen LogP) is 1.64. The van der Waals surface area contributed by atoms with Crippen LogP contribution in [0, 0.1) is 16.0 Å². The fraction of sp³-hybridized carbons (Fsp3) is 0.364. The molecule has 19 heavy (non-hydrogen) atoms. The van der Waals surface area contributed by atoms with E-state index in [9.17, 15) is 20.0 Å². The molecule has 2 unspecified atom stereocenters. The van der Waals surface area contributed by atoms with Crippen LogP contribution in [0.25, 0.3) is 0 Å². The standard InChI is InChI=1S/C11H15N3O4.ClH/c1-6(7(2)12)11(16)13-9-5-8(14(17)18)3-4-10(9)15;/h3-7,15H,12H2,1-2H3,(H,13,16);1H. The minimum atomic E-state index is -0.607. The van der Waals surface area contributed by atoms with E-state index in [1.165, 1.54) is 0 Å². The fourth-order valence-corrected chi connectivity index (χ4v) is 1.22. The summed E-state index contributed by atoms with van der Waals surface area (Å²) in [5.74, 6) is -1.10. The molecule has 0 bridgehead atoms. The molecule has 1 rings (SSSR count). The summed E-state index contributed by atoms with van der Waals surface area (Å²) in [7, 11) is 0. The molecule has 0 aliphatic carbocycles. The van der Waals surface area contributed by atoms with Gasteiger partial charge in [0.15, 0.2) is 0 Å². The Morgan fingerprint density at radius 3 is 2.53 bits per heavy atom. The number of hydrogen-bond acceptors (Lipinski definition) is 5. The van der Waals surface area contributed by atoms with E-state index in [4.69, 9.17) is 5.73 Å². The van der Waals surface area contributed by atoms with Crippen LogP contribution < -0.4 is 11.1 Å². The highest BCUT2D eigenvalue weighted by Crippen LogP contribution is 2.28. The number of non-ortho nitro benzene ring substituents is 1. The van der Waals surface area contributed by atoms with Crippen molar-refractivity contribution >= 4 is 29.7 Å². The first kappa shape index (κ1) is 17.1. The summed E-state index contributed by atoms with van der Waals surface area (Å²) in [4.78, 5) is 21.7. The topological polar surface area (TPSA) is 118 Å². The van der Waals surface area contributed by atoms with E-state index in [1.54, 1.807) is 13.8 Å². The molecule has 7 nitrogen and oxygen atoms in total. The first-order valence-corrected chi connectivity index (χ1v) is 5.36. The zero-order valence-corrected chi connectivity index (χ0v) is 11.3. The number of hydrogen-bond donors (Lipinski definition) is 3. The van der Waals surface area contributed by atoms with Gasteiger partial charge in [0, 0.05) is 18.2 Å². The maximum absolute atomic E-state index is 11.7. The second kappa shape index (κ2) is 6.91. The molecule has 106 valence electrons. The molecule has 1 aromatic rings. The Bertz CT molecular complexity index is 479. The number of carbonyl (C=O) groups is 1. The normalized spacial score (nSPS) is 13.0. The number of nitro groups is 1. The first-order chi connectivity index (χ1) is 8.32. The van der Waals surface area contributed by atoms with Crippen molar-refractivity contribution in [3.05, 3.63) is 28.3 Å². The number of halogens is 1. The highest BCUT2D eigenvalue weighted by atomic mass is 35.5. The monoisotopic (exact) mass is 289 g/mol. The van der Waals surface area contributed by atoms with Gasteiger partial charge < -0.3 is 16.2 Å². The number of phenolic OH excluding ortho intramolecular Hbond substituents is 1. The molecule has 0 aliphatic rings. The van der Waals surface area contributed by atoms with E-state index in [0.29, 0.717) is 0 Å². The number of rotatable bonds is 4. The zero-order valence-electron chi connectivity index (χ0n) is 10.5. The van der Waals surface area contributed by atoms with Gasteiger partial charge in [-0.05, 0) is 13.0 Å². The Kier molecular flexibility index (Phi) is 6.23. The smallest absolute Gasteiger partial charge is 0.271 e. The molecule has 8 heteroatoms. The van der Waals surface area contributed by atoms with E-state index in [-0.39, 0.29) is 35.6 Å². The molecule has 4 N–H and O–H groups in total. The van der Waals surface area contributed by atoms with Crippen LogP contribution in [-0.2, 0) is 4.79 Å². The van der Waals surface area contributed by atoms with E-state index < -0.39 is 16.7 Å². The van der Waals surface area contributed by atoms with Crippen molar-refractivity contribution in [1.29, 1.82) is 0 Å². The number of amides is 1. The van der Waals surface area contributed by atoms with Crippen LogP contribution in [-0.4, -0.2) is 22.0 Å². The molecular formula is C11H16ClN3O4. The lowest BCUT2D eigenvalue weighted by Gasteiger charge is -2.15. The predicted molar refractivity (Wildman–Crippen MR) is 73.5 cm³/mol. The molecule has 0 aromatic heterocycles. The van der Waals surface area contributed by atoms with Gasteiger partial charge in [-0.3, -0.25) is 14.9 Å². The van der Waals surface area contributed by atoms with Gasteiger partial charge in [0.25, 0.3) is 5.69 Å². The summed E-state index contributed by atoms with van der Waals surface area (Å²) in [5, 5.41) is 22.5. The van der Waals surface area contributed by atoms with E-state index in [2.05, 4.69) is 5.32 Å². The van der Waals surface area contributed by atoms with E-state index >= 15 is 0 Å². The van der Waals surface area contributed by atoms with Crippen LogP contribution in [0.1, 0.15) is 13.8 Å². The Balaban J connectivity index is 0.00000324. The molecule has 0 fully saturated rings. The van der Waals surface area contributed by atoms with Crippen LogP contribution in [0.3, 0.4) is 0 Å². The molecule has 0 heterocycles. The number of aromatic hydroxyl groups is 1. The molecule has 0 saturated heterocycles. The maximum Gasteiger partial charge on any atom is 0.271 e. The molecule has 2 atom stereocenters. The third kappa shape index (κ3) is 4.38. The van der Waals surface area contributed by atoms with Crippen LogP contribution in [0.5, 0.6) is 5.75 Å². The van der Waals surface area contributed by atoms with E-state index in [0.717, 1.165) is 18.2 Å². The van der Waals surface area contributed by atoms with Crippen LogP contribution in [0.15, 0.2) is 18.2 Å². The van der Waals surface area contributed by atoms with Gasteiger partial charge >= 0.3 is 0 Å². The number of nitrogens with one attached hydrogen (secondary N) is 1. The minimum absolute atomic E-state index is 0. The van der Waals surface area contributed by atoms with Crippen molar-refractivity contribution in [2.75, 3.05) is 5.32 Å². The third-order valence-corrected chi connectivity index (χ3v) is 2.65. The Hall–Kier alpha value is -1.86. The Labute approximate surface area is 116 Å². The van der Waals surface area contributed by atoms with Crippen molar-refractivity contribution < 1.29 is 14.8 Å². The lowest BCUT2D eigenvalue weighted by atomic mass is 10.0. The largest absolute Gasteiger partial charge is 0.506 e. The molecule has 0 spiro atoms. The third-order valence-electron chi connectivity index (χ3n) is 2.65. The average Bonchev–Trinajstić information content (AvgIpc) is 2.30. The van der Waals surface area contributed by atoms with E-state index in [1.807, 2.05) is 0 Å². The maximum atomic E-state index is 11.7. The quantitative estimate of drug-likeness (QED) is 0.442. The van der Waals surface area contributed by atoms with Gasteiger partial charge in [-0.25, -0.2) is 0 Å². The SMILES string of the molecule is CC(N)C(C)C(=O)Nc1cc([N+](=O)[O-])ccc1O.Cl. The van der Waals surface area contributed by atoms with Gasteiger partial charge in [0.2, 0.25) is 5.91 Å². The molecular weight excluding hydrogens is 274 g/mol. The van der Waals surface area contributed by atoms with Gasteiger partial charge in [-0.1, -0.05) is 6.92 Å². The summed E-state index contributed by atoms with van der Waals surface area (Å²) in [6, 6.07) is 3.05. The highest BCUT2D eigenvalue weighted by Gasteiger charge is 2.19. The lowest BCUT2D eigenvalue weighted by Crippen LogP contribution is -2.34. The molecule has 1 amide bonds. The zero-order chi connectivity index (χ0) is 13.9. The molecule has 1 aromatic carbocycles. The van der Waals surface area contributed by atoms with Gasteiger partial charge in [0.05, 0.1) is 16.5 Å². The van der Waals surface area contributed by atoms with Crippen molar-refractivity contribution in [3.8, 4) is 5.75 Å². The number of phenols is 1. The first-order valence-electron chi connectivity index (χ1n) is 5.36. The second-order valence-electron chi connectivity index (χ2n) is 4.10. The lowest BCUT2D eigenvalue weighted by molar-refractivity contribution is -0.384. The average molecular weight is 290 g/mol. The van der Waals surface area contributed by atoms with Crippen LogP contribution >= 0.6 is 12.4 Å². The number of nitrogens with zero attached hydrogens (tertiary/aromatic N) is 1. The number of anilines is 1. The summed E-state index contributed by atoms with van der Waals surface area (Å²) in [5.41, 5.74) is 5.37. The molecule has 0 radical (unpaired) electrons. The van der Waals surface area contributed by atoms with Crippen LogP contribution in [0.4, 0.5) is 11.4 Å². The summed E-state index contributed by atoms with van der Waals surface area (Å²) in [6.45, 7) is 3.31. The van der Waals surface area contributed by atoms with Gasteiger partial charge in [-0.15, -0.1) is 12.4 Å². The van der Waals surface area contributed by atoms with Crippen molar-refractivity contribution in [2.45, 2.75) is 19.9 Å². The number of benzene rings is 1. The highest BCUT2D eigenvalue weighted by molar-refractivity contribution is 5.94.